The molecule has 1 aromatic heterocycles. The summed E-state index contributed by atoms with van der Waals surface area (Å²) in [6.45, 7) is 3.64. The van der Waals surface area contributed by atoms with E-state index in [1.807, 2.05) is 19.9 Å². The van der Waals surface area contributed by atoms with Gasteiger partial charge in [0.15, 0.2) is 0 Å². The van der Waals surface area contributed by atoms with Gasteiger partial charge in [0, 0.05) is 0 Å². The van der Waals surface area contributed by atoms with E-state index in [0.29, 0.717) is 5.69 Å². The zero-order valence-corrected chi connectivity index (χ0v) is 12.0. The predicted octanol–water partition coefficient (Wildman–Crippen LogP) is 3.07. The first-order valence-electron chi connectivity index (χ1n) is 6.03. The van der Waals surface area contributed by atoms with Crippen LogP contribution in [0.5, 0.6) is 6.01 Å². The molecule has 0 aliphatic carbocycles. The van der Waals surface area contributed by atoms with Crippen LogP contribution in [-0.4, -0.2) is 21.1 Å². The third-order valence-corrected chi connectivity index (χ3v) is 2.45. The lowest BCUT2D eigenvalue weighted by Gasteiger charge is -2.10. The topological polar surface area (TPSA) is 83.7 Å². The zero-order chi connectivity index (χ0) is 15.4. The van der Waals surface area contributed by atoms with Gasteiger partial charge in [0.2, 0.25) is 11.2 Å². The lowest BCUT2D eigenvalue weighted by Crippen LogP contribution is -2.10. The fraction of sp³-hybridized carbons (Fsp3) is 0.231. The molecule has 0 fully saturated rings. The van der Waals surface area contributed by atoms with Crippen LogP contribution in [0.4, 0.5) is 16.0 Å². The largest absolute Gasteiger partial charge is 0.461 e. The van der Waals surface area contributed by atoms with E-state index in [1.165, 1.54) is 12.1 Å². The molecule has 21 heavy (non-hydrogen) atoms. The number of aromatic nitrogens is 3. The van der Waals surface area contributed by atoms with E-state index in [1.54, 1.807) is 0 Å². The summed E-state index contributed by atoms with van der Waals surface area (Å²) < 4.78 is 18.4. The van der Waals surface area contributed by atoms with Crippen LogP contribution in [0.3, 0.4) is 0 Å². The first kappa shape index (κ1) is 14.9. The Labute approximate surface area is 125 Å². The number of nitriles is 1. The molecule has 1 aromatic carbocycles. The fourth-order valence-corrected chi connectivity index (χ4v) is 1.64. The van der Waals surface area contributed by atoms with Crippen LogP contribution < -0.4 is 10.1 Å². The molecule has 0 saturated carbocycles. The number of hydrogen-bond donors (Lipinski definition) is 1. The van der Waals surface area contributed by atoms with Crippen LogP contribution in [0.25, 0.3) is 0 Å². The van der Waals surface area contributed by atoms with Gasteiger partial charge in [0.05, 0.1) is 17.4 Å². The smallest absolute Gasteiger partial charge is 0.322 e. The Kier molecular flexibility index (Phi) is 4.50. The molecule has 2 rings (SSSR count). The van der Waals surface area contributed by atoms with Crippen LogP contribution in [0.15, 0.2) is 18.2 Å². The summed E-state index contributed by atoms with van der Waals surface area (Å²) in [6, 6.07) is 5.68. The highest BCUT2D eigenvalue weighted by Crippen LogP contribution is 2.21. The van der Waals surface area contributed by atoms with Gasteiger partial charge in [-0.25, -0.2) is 4.39 Å². The summed E-state index contributed by atoms with van der Waals surface area (Å²) in [7, 11) is 0. The predicted molar refractivity (Wildman–Crippen MR) is 75.0 cm³/mol. The highest BCUT2D eigenvalue weighted by atomic mass is 35.5. The number of hydrogen-bond acceptors (Lipinski definition) is 6. The Morgan fingerprint density at radius 3 is 2.76 bits per heavy atom. The molecule has 8 heteroatoms. The summed E-state index contributed by atoms with van der Waals surface area (Å²) >= 11 is 5.79. The highest BCUT2D eigenvalue weighted by molar-refractivity contribution is 6.28. The average molecular weight is 308 g/mol. The zero-order valence-electron chi connectivity index (χ0n) is 11.3. The first-order valence-corrected chi connectivity index (χ1v) is 6.40. The van der Waals surface area contributed by atoms with Crippen molar-refractivity contribution < 1.29 is 9.13 Å². The van der Waals surface area contributed by atoms with Crippen LogP contribution >= 0.6 is 11.6 Å². The summed E-state index contributed by atoms with van der Waals surface area (Å²) in [5.74, 6) is -0.400. The molecular weight excluding hydrogens is 297 g/mol. The summed E-state index contributed by atoms with van der Waals surface area (Å²) in [6.07, 6.45) is -0.128. The van der Waals surface area contributed by atoms with Gasteiger partial charge in [0.25, 0.3) is 0 Å². The van der Waals surface area contributed by atoms with Crippen molar-refractivity contribution in [1.29, 1.82) is 5.26 Å². The van der Waals surface area contributed by atoms with E-state index in [4.69, 9.17) is 21.6 Å². The van der Waals surface area contributed by atoms with Crippen molar-refractivity contribution >= 4 is 23.2 Å². The second kappa shape index (κ2) is 6.33. The summed E-state index contributed by atoms with van der Waals surface area (Å²) in [4.78, 5) is 11.7. The van der Waals surface area contributed by atoms with Crippen molar-refractivity contribution in [2.75, 3.05) is 5.32 Å². The van der Waals surface area contributed by atoms with E-state index in [2.05, 4.69) is 20.3 Å². The number of benzene rings is 1. The summed E-state index contributed by atoms with van der Waals surface area (Å²) in [5, 5.41) is 11.7. The van der Waals surface area contributed by atoms with Crippen molar-refractivity contribution in [2.45, 2.75) is 20.0 Å². The minimum Gasteiger partial charge on any atom is -0.461 e. The molecule has 0 radical (unpaired) electrons. The number of nitrogens with zero attached hydrogens (tertiary/aromatic N) is 4. The lowest BCUT2D eigenvalue weighted by molar-refractivity contribution is 0.222. The van der Waals surface area contributed by atoms with Crippen molar-refractivity contribution in [2.24, 2.45) is 0 Å². The van der Waals surface area contributed by atoms with Crippen molar-refractivity contribution in [1.82, 2.24) is 15.0 Å². The molecule has 2 aromatic rings. The van der Waals surface area contributed by atoms with Gasteiger partial charge in [-0.05, 0) is 43.6 Å². The second-order valence-corrected chi connectivity index (χ2v) is 4.64. The average Bonchev–Trinajstić information content (AvgIpc) is 2.39. The third-order valence-electron chi connectivity index (χ3n) is 2.28. The minimum absolute atomic E-state index is 0.0521. The monoisotopic (exact) mass is 307 g/mol. The molecule has 1 heterocycles. The maximum Gasteiger partial charge on any atom is 0.322 e. The molecule has 0 aliphatic rings. The number of halogens is 2. The highest BCUT2D eigenvalue weighted by Gasteiger charge is 2.10. The van der Waals surface area contributed by atoms with Crippen molar-refractivity contribution in [3.8, 4) is 12.1 Å². The van der Waals surface area contributed by atoms with Gasteiger partial charge in [-0.2, -0.15) is 20.2 Å². The van der Waals surface area contributed by atoms with Gasteiger partial charge in [-0.1, -0.05) is 0 Å². The van der Waals surface area contributed by atoms with E-state index in [0.717, 1.165) is 6.07 Å². The second-order valence-electron chi connectivity index (χ2n) is 4.30. The van der Waals surface area contributed by atoms with Gasteiger partial charge in [-0.15, -0.1) is 0 Å². The molecule has 0 unspecified atom stereocenters. The quantitative estimate of drug-likeness (QED) is 0.934. The Morgan fingerprint density at radius 1 is 1.33 bits per heavy atom. The SMILES string of the molecule is CC(C)Oc1nc(Cl)nc(Nc2ccc(F)cc2C#N)n1. The van der Waals surface area contributed by atoms with Gasteiger partial charge >= 0.3 is 6.01 Å². The maximum atomic E-state index is 13.1. The Hall–Kier alpha value is -2.46. The minimum atomic E-state index is -0.505. The molecule has 6 nitrogen and oxygen atoms in total. The van der Waals surface area contributed by atoms with Gasteiger partial charge < -0.3 is 10.1 Å². The van der Waals surface area contributed by atoms with E-state index in [-0.39, 0.29) is 28.9 Å². The number of rotatable bonds is 4. The fourth-order valence-electron chi connectivity index (χ4n) is 1.49. The molecule has 108 valence electrons. The number of nitrogens with one attached hydrogen (secondary N) is 1. The number of anilines is 2. The van der Waals surface area contributed by atoms with Crippen molar-refractivity contribution in [3.05, 3.63) is 34.9 Å². The van der Waals surface area contributed by atoms with Crippen LogP contribution in [0.1, 0.15) is 19.4 Å². The van der Waals surface area contributed by atoms with Crippen LogP contribution in [0.2, 0.25) is 5.28 Å². The standard InChI is InChI=1S/C13H11ClFN5O/c1-7(2)21-13-19-11(14)18-12(20-13)17-10-4-3-9(15)5-8(10)6-16/h3-5,7H,1-2H3,(H,17,18,19,20). The van der Waals surface area contributed by atoms with Crippen LogP contribution in [0, 0.1) is 17.1 Å². The molecule has 0 amide bonds. The van der Waals surface area contributed by atoms with Crippen LogP contribution in [-0.2, 0) is 0 Å². The van der Waals surface area contributed by atoms with E-state index >= 15 is 0 Å². The van der Waals surface area contributed by atoms with Gasteiger partial charge in [-0.3, -0.25) is 0 Å². The maximum absolute atomic E-state index is 13.1. The molecule has 0 aliphatic heterocycles. The summed E-state index contributed by atoms with van der Waals surface area (Å²) in [5.41, 5.74) is 0.481. The molecule has 0 bridgehead atoms. The third kappa shape index (κ3) is 4.00. The molecule has 0 atom stereocenters. The number of ether oxygens (including phenoxy) is 1. The molecule has 0 spiro atoms. The first-order chi connectivity index (χ1) is 9.97. The molecule has 0 saturated heterocycles. The Balaban J connectivity index is 2.31. The molecule has 1 N–H and O–H groups in total. The van der Waals surface area contributed by atoms with E-state index in [9.17, 15) is 4.39 Å². The van der Waals surface area contributed by atoms with Crippen molar-refractivity contribution in [3.63, 3.8) is 0 Å². The normalized spacial score (nSPS) is 10.3. The molecular formula is C13H11ClFN5O. The Bertz CT molecular complexity index is 701. The van der Waals surface area contributed by atoms with E-state index < -0.39 is 5.82 Å². The Morgan fingerprint density at radius 2 is 2.10 bits per heavy atom. The lowest BCUT2D eigenvalue weighted by atomic mass is 10.2. The van der Waals surface area contributed by atoms with Gasteiger partial charge in [0.1, 0.15) is 11.9 Å².